The number of imidazole rings is 1. The summed E-state index contributed by atoms with van der Waals surface area (Å²) in [6, 6.07) is 0.407. The van der Waals surface area contributed by atoms with Crippen molar-refractivity contribution in [1.82, 2.24) is 19.3 Å². The zero-order valence-electron chi connectivity index (χ0n) is 13.0. The Morgan fingerprint density at radius 3 is 2.71 bits per heavy atom. The molecule has 0 spiro atoms. The van der Waals surface area contributed by atoms with Crippen LogP contribution in [0.4, 0.5) is 0 Å². The summed E-state index contributed by atoms with van der Waals surface area (Å²) in [5, 5.41) is 4.55. The number of nitrogens with zero attached hydrogens (tertiary/aromatic N) is 4. The maximum atomic E-state index is 6.39. The number of hydrogen-bond acceptors (Lipinski definition) is 3. The van der Waals surface area contributed by atoms with Crippen LogP contribution in [-0.2, 0) is 18.2 Å². The van der Waals surface area contributed by atoms with E-state index in [0.717, 1.165) is 61.6 Å². The Balaban J connectivity index is 2.16. The van der Waals surface area contributed by atoms with Gasteiger partial charge in [0, 0.05) is 26.3 Å². The van der Waals surface area contributed by atoms with Gasteiger partial charge in [-0.1, -0.05) is 13.3 Å². The fourth-order valence-corrected chi connectivity index (χ4v) is 3.36. The number of ether oxygens (including phenoxy) is 1. The maximum Gasteiger partial charge on any atom is 0.158 e. The van der Waals surface area contributed by atoms with Crippen LogP contribution in [0.2, 0.25) is 0 Å². The lowest BCUT2D eigenvalue weighted by Crippen LogP contribution is -2.22. The number of hydrogen-bond donors (Lipinski definition) is 0. The van der Waals surface area contributed by atoms with E-state index in [4.69, 9.17) is 21.3 Å². The van der Waals surface area contributed by atoms with Crippen molar-refractivity contribution < 1.29 is 4.74 Å². The van der Waals surface area contributed by atoms with Crippen LogP contribution in [0.3, 0.4) is 0 Å². The van der Waals surface area contributed by atoms with Crippen molar-refractivity contribution in [2.45, 2.75) is 50.9 Å². The quantitative estimate of drug-likeness (QED) is 0.813. The lowest BCUT2D eigenvalue weighted by Gasteiger charge is -2.26. The number of alkyl halides is 1. The van der Waals surface area contributed by atoms with Crippen molar-refractivity contribution in [3.8, 4) is 0 Å². The molecule has 0 saturated carbocycles. The number of halogens is 1. The minimum atomic E-state index is -0.102. The molecule has 1 aliphatic rings. The van der Waals surface area contributed by atoms with E-state index in [1.165, 1.54) is 0 Å². The largest absolute Gasteiger partial charge is 0.381 e. The lowest BCUT2D eigenvalue weighted by atomic mass is 10.1. The Hall–Kier alpha value is -1.07. The highest BCUT2D eigenvalue weighted by molar-refractivity contribution is 6.20. The van der Waals surface area contributed by atoms with E-state index in [1.54, 1.807) is 0 Å². The molecule has 1 atom stereocenters. The number of fused-ring (bicyclic) bond motifs is 1. The molecule has 116 valence electrons. The average Bonchev–Trinajstić information content (AvgIpc) is 3.00. The molecule has 0 aromatic carbocycles. The van der Waals surface area contributed by atoms with Crippen LogP contribution in [0.1, 0.15) is 56.0 Å². The SMILES string of the molecule is CCCc1nn(C)c2c1nc(C(C)Cl)n2C1CCOCC1. The standard InChI is InChI=1S/C15H23ClN4O/c1-4-5-12-13-15(19(3)18-12)20(14(17-13)10(2)16)11-6-8-21-9-7-11/h10-11H,4-9H2,1-3H3. The van der Waals surface area contributed by atoms with Crippen molar-refractivity contribution in [1.29, 1.82) is 0 Å². The Kier molecular flexibility index (Phi) is 4.22. The van der Waals surface area contributed by atoms with Crippen molar-refractivity contribution >= 4 is 22.8 Å². The molecule has 6 heteroatoms. The van der Waals surface area contributed by atoms with E-state index in [9.17, 15) is 0 Å². The van der Waals surface area contributed by atoms with Gasteiger partial charge in [-0.2, -0.15) is 5.10 Å². The molecule has 1 unspecified atom stereocenters. The summed E-state index contributed by atoms with van der Waals surface area (Å²) < 4.78 is 9.77. The highest BCUT2D eigenvalue weighted by Crippen LogP contribution is 2.33. The predicted molar refractivity (Wildman–Crippen MR) is 83.9 cm³/mol. The highest BCUT2D eigenvalue weighted by Gasteiger charge is 2.27. The van der Waals surface area contributed by atoms with E-state index < -0.39 is 0 Å². The normalized spacial score (nSPS) is 18.5. The molecule has 1 aliphatic heterocycles. The van der Waals surface area contributed by atoms with Gasteiger partial charge in [0.25, 0.3) is 0 Å². The molecule has 1 fully saturated rings. The lowest BCUT2D eigenvalue weighted by molar-refractivity contribution is 0.0696. The van der Waals surface area contributed by atoms with Crippen LogP contribution < -0.4 is 0 Å². The minimum Gasteiger partial charge on any atom is -0.381 e. The van der Waals surface area contributed by atoms with Crippen LogP contribution in [0, 0.1) is 0 Å². The Labute approximate surface area is 130 Å². The molecule has 0 aliphatic carbocycles. The van der Waals surface area contributed by atoms with Crippen molar-refractivity contribution in [3.05, 3.63) is 11.5 Å². The molecule has 3 rings (SSSR count). The number of aryl methyl sites for hydroxylation is 2. The molecule has 0 amide bonds. The monoisotopic (exact) mass is 310 g/mol. The average molecular weight is 311 g/mol. The van der Waals surface area contributed by atoms with Crippen molar-refractivity contribution in [2.75, 3.05) is 13.2 Å². The molecular weight excluding hydrogens is 288 g/mol. The summed E-state index contributed by atoms with van der Waals surface area (Å²) in [6.07, 6.45) is 4.05. The summed E-state index contributed by atoms with van der Waals surface area (Å²) in [5.74, 6) is 0.962. The van der Waals surface area contributed by atoms with Crippen LogP contribution in [0.15, 0.2) is 0 Å². The first-order valence-electron chi connectivity index (χ1n) is 7.79. The van der Waals surface area contributed by atoms with Gasteiger partial charge in [-0.25, -0.2) is 4.98 Å². The molecule has 0 bridgehead atoms. The predicted octanol–water partition coefficient (Wildman–Crippen LogP) is 3.37. The highest BCUT2D eigenvalue weighted by atomic mass is 35.5. The summed E-state index contributed by atoms with van der Waals surface area (Å²) in [4.78, 5) is 4.83. The van der Waals surface area contributed by atoms with Crippen molar-refractivity contribution in [3.63, 3.8) is 0 Å². The second-order valence-corrected chi connectivity index (χ2v) is 6.45. The Morgan fingerprint density at radius 1 is 1.38 bits per heavy atom. The first-order valence-corrected chi connectivity index (χ1v) is 8.22. The van der Waals surface area contributed by atoms with Crippen LogP contribution in [-0.4, -0.2) is 32.5 Å². The molecular formula is C15H23ClN4O. The third-order valence-corrected chi connectivity index (χ3v) is 4.36. The van der Waals surface area contributed by atoms with E-state index in [2.05, 4.69) is 16.6 Å². The van der Waals surface area contributed by atoms with E-state index >= 15 is 0 Å². The van der Waals surface area contributed by atoms with Crippen LogP contribution in [0.25, 0.3) is 11.2 Å². The maximum absolute atomic E-state index is 6.39. The van der Waals surface area contributed by atoms with Gasteiger partial charge < -0.3 is 9.30 Å². The molecule has 0 radical (unpaired) electrons. The Morgan fingerprint density at radius 2 is 2.10 bits per heavy atom. The smallest absolute Gasteiger partial charge is 0.158 e. The van der Waals surface area contributed by atoms with Crippen LogP contribution >= 0.6 is 11.6 Å². The van der Waals surface area contributed by atoms with Gasteiger partial charge in [-0.15, -0.1) is 11.6 Å². The topological polar surface area (TPSA) is 44.9 Å². The fraction of sp³-hybridized carbons (Fsp3) is 0.733. The molecule has 21 heavy (non-hydrogen) atoms. The molecule has 5 nitrogen and oxygen atoms in total. The van der Waals surface area contributed by atoms with E-state index in [1.807, 2.05) is 18.7 Å². The third-order valence-electron chi connectivity index (χ3n) is 4.16. The minimum absolute atomic E-state index is 0.102. The number of aromatic nitrogens is 4. The third kappa shape index (κ3) is 2.57. The molecule has 2 aromatic heterocycles. The summed E-state index contributed by atoms with van der Waals surface area (Å²) in [6.45, 7) is 5.77. The number of rotatable bonds is 4. The van der Waals surface area contributed by atoms with Gasteiger partial charge in [0.05, 0.1) is 11.1 Å². The van der Waals surface area contributed by atoms with Gasteiger partial charge in [-0.05, 0) is 26.2 Å². The second kappa shape index (κ2) is 5.97. The zero-order valence-corrected chi connectivity index (χ0v) is 13.7. The first kappa shape index (κ1) is 14.9. The van der Waals surface area contributed by atoms with Gasteiger partial charge in [0.1, 0.15) is 11.3 Å². The molecule has 1 saturated heterocycles. The van der Waals surface area contributed by atoms with Crippen LogP contribution in [0.5, 0.6) is 0 Å². The molecule has 3 heterocycles. The summed E-state index contributed by atoms with van der Waals surface area (Å²) in [7, 11) is 2.00. The summed E-state index contributed by atoms with van der Waals surface area (Å²) >= 11 is 6.39. The molecule has 0 N–H and O–H groups in total. The van der Waals surface area contributed by atoms with Gasteiger partial charge in [0.15, 0.2) is 5.65 Å². The van der Waals surface area contributed by atoms with Gasteiger partial charge in [0.2, 0.25) is 0 Å². The van der Waals surface area contributed by atoms with E-state index in [0.29, 0.717) is 6.04 Å². The zero-order chi connectivity index (χ0) is 15.0. The summed E-state index contributed by atoms with van der Waals surface area (Å²) in [5.41, 5.74) is 3.21. The van der Waals surface area contributed by atoms with Crippen molar-refractivity contribution in [2.24, 2.45) is 7.05 Å². The fourth-order valence-electron chi connectivity index (χ4n) is 3.21. The first-order chi connectivity index (χ1) is 10.1. The Bertz CT molecular complexity index is 625. The van der Waals surface area contributed by atoms with Gasteiger partial charge in [-0.3, -0.25) is 4.68 Å². The molecule has 2 aromatic rings. The second-order valence-electron chi connectivity index (χ2n) is 5.79. The van der Waals surface area contributed by atoms with E-state index in [-0.39, 0.29) is 5.38 Å². The van der Waals surface area contributed by atoms with Gasteiger partial charge >= 0.3 is 0 Å².